The number of amides is 1. The van der Waals surface area contributed by atoms with Crippen LogP contribution in [0.1, 0.15) is 54.7 Å². The summed E-state index contributed by atoms with van der Waals surface area (Å²) >= 11 is 0. The van der Waals surface area contributed by atoms with Gasteiger partial charge >= 0.3 is 12.4 Å². The van der Waals surface area contributed by atoms with E-state index >= 15 is 0 Å². The maximum Gasteiger partial charge on any atom is 0.417 e. The van der Waals surface area contributed by atoms with Crippen LogP contribution in [0.4, 0.5) is 37.7 Å². The van der Waals surface area contributed by atoms with Crippen LogP contribution in [-0.4, -0.2) is 11.9 Å². The van der Waals surface area contributed by atoms with Gasteiger partial charge in [-0.2, -0.15) is 26.3 Å². The Labute approximate surface area is 223 Å². The van der Waals surface area contributed by atoms with E-state index in [9.17, 15) is 31.1 Å². The second kappa shape index (κ2) is 11.9. The van der Waals surface area contributed by atoms with Crippen LogP contribution in [0.2, 0.25) is 0 Å². The van der Waals surface area contributed by atoms with Gasteiger partial charge in [0.15, 0.2) is 0 Å². The summed E-state index contributed by atoms with van der Waals surface area (Å²) in [5.74, 6) is 5.34. The Kier molecular flexibility index (Phi) is 9.00. The molecule has 3 rings (SSSR count). The zero-order valence-corrected chi connectivity index (χ0v) is 21.8. The average molecular weight is 547 g/mol. The van der Waals surface area contributed by atoms with E-state index in [0.717, 1.165) is 29.8 Å². The predicted molar refractivity (Wildman–Crippen MR) is 141 cm³/mol. The molecule has 0 spiro atoms. The van der Waals surface area contributed by atoms with E-state index in [-0.39, 0.29) is 28.9 Å². The van der Waals surface area contributed by atoms with Crippen molar-refractivity contribution in [3.63, 3.8) is 0 Å². The first kappa shape index (κ1) is 29.6. The van der Waals surface area contributed by atoms with Crippen molar-refractivity contribution >= 4 is 17.3 Å². The second-order valence-corrected chi connectivity index (χ2v) is 9.47. The minimum absolute atomic E-state index is 0.120. The standard InChI is InChI=1S/C30H28F6N2O/c1-5-6-19(4)15-20-7-9-21(10-8-20)28(39)38-23-12-14-25(27(17-23)30(34,35)36)24-13-11-22(37-18(2)3)16-26(24)29(31,32)33/h7-14,16-19,37H,15H2,1-4H3,(H,38,39). The van der Waals surface area contributed by atoms with E-state index in [2.05, 4.69) is 22.5 Å². The number of hydrogen-bond donors (Lipinski definition) is 2. The zero-order chi connectivity index (χ0) is 29.0. The molecule has 0 aliphatic heterocycles. The van der Waals surface area contributed by atoms with Crippen LogP contribution in [-0.2, 0) is 18.8 Å². The van der Waals surface area contributed by atoms with Crippen molar-refractivity contribution in [2.75, 3.05) is 10.6 Å². The molecule has 9 heteroatoms. The van der Waals surface area contributed by atoms with Crippen LogP contribution >= 0.6 is 0 Å². The Balaban J connectivity index is 1.95. The molecule has 2 N–H and O–H groups in total. The lowest BCUT2D eigenvalue weighted by molar-refractivity contribution is -0.139. The largest absolute Gasteiger partial charge is 0.417 e. The minimum atomic E-state index is -4.98. The van der Waals surface area contributed by atoms with Crippen LogP contribution in [0, 0.1) is 17.8 Å². The fourth-order valence-electron chi connectivity index (χ4n) is 4.17. The Hall–Kier alpha value is -3.93. The summed E-state index contributed by atoms with van der Waals surface area (Å²) in [4.78, 5) is 12.7. The van der Waals surface area contributed by atoms with Crippen molar-refractivity contribution in [2.45, 2.75) is 52.5 Å². The van der Waals surface area contributed by atoms with E-state index in [0.29, 0.717) is 12.5 Å². The topological polar surface area (TPSA) is 41.1 Å². The maximum atomic E-state index is 14.0. The molecular weight excluding hydrogens is 518 g/mol. The van der Waals surface area contributed by atoms with Crippen LogP contribution < -0.4 is 10.6 Å². The Morgan fingerprint density at radius 1 is 0.795 bits per heavy atom. The molecule has 0 radical (unpaired) electrons. The van der Waals surface area contributed by atoms with Gasteiger partial charge < -0.3 is 10.6 Å². The van der Waals surface area contributed by atoms with Crippen LogP contribution in [0.15, 0.2) is 60.7 Å². The number of rotatable bonds is 7. The highest BCUT2D eigenvalue weighted by atomic mass is 19.4. The highest BCUT2D eigenvalue weighted by Gasteiger charge is 2.39. The summed E-state index contributed by atoms with van der Waals surface area (Å²) in [6.45, 7) is 7.17. The number of hydrogen-bond acceptors (Lipinski definition) is 2. The van der Waals surface area contributed by atoms with Gasteiger partial charge in [-0.25, -0.2) is 0 Å². The first-order valence-corrected chi connectivity index (χ1v) is 12.2. The molecule has 1 unspecified atom stereocenters. The van der Waals surface area contributed by atoms with Gasteiger partial charge in [0.2, 0.25) is 0 Å². The summed E-state index contributed by atoms with van der Waals surface area (Å²) in [7, 11) is 0. The third kappa shape index (κ3) is 7.79. The zero-order valence-electron chi connectivity index (χ0n) is 21.8. The van der Waals surface area contributed by atoms with Crippen LogP contribution in [0.25, 0.3) is 11.1 Å². The van der Waals surface area contributed by atoms with Crippen LogP contribution in [0.5, 0.6) is 0 Å². The van der Waals surface area contributed by atoms with Crippen molar-refractivity contribution in [3.8, 4) is 23.0 Å². The van der Waals surface area contributed by atoms with Gasteiger partial charge in [0.05, 0.1) is 11.1 Å². The Morgan fingerprint density at radius 2 is 1.31 bits per heavy atom. The molecule has 0 aliphatic carbocycles. The second-order valence-electron chi connectivity index (χ2n) is 9.47. The van der Waals surface area contributed by atoms with Crippen molar-refractivity contribution in [2.24, 2.45) is 5.92 Å². The summed E-state index contributed by atoms with van der Waals surface area (Å²) in [6.07, 6.45) is -9.20. The molecule has 1 amide bonds. The summed E-state index contributed by atoms with van der Waals surface area (Å²) in [6, 6.07) is 12.3. The molecule has 3 nitrogen and oxygen atoms in total. The number of carbonyl (C=O) groups excluding carboxylic acids is 1. The first-order chi connectivity index (χ1) is 18.2. The van der Waals surface area contributed by atoms with E-state index in [1.807, 2.05) is 6.92 Å². The number of nitrogens with one attached hydrogen (secondary N) is 2. The Bertz CT molecular complexity index is 1380. The molecule has 0 saturated heterocycles. The fourth-order valence-corrected chi connectivity index (χ4v) is 4.17. The molecule has 1 atom stereocenters. The number of benzene rings is 3. The maximum absolute atomic E-state index is 14.0. The molecule has 0 aromatic heterocycles. The monoisotopic (exact) mass is 546 g/mol. The van der Waals surface area contributed by atoms with Gasteiger partial charge in [0, 0.05) is 28.9 Å². The number of halogens is 6. The van der Waals surface area contributed by atoms with Gasteiger partial charge in [-0.05, 0) is 80.3 Å². The predicted octanol–water partition coefficient (Wildman–Crippen LogP) is 8.67. The summed E-state index contributed by atoms with van der Waals surface area (Å²) < 4.78 is 83.8. The highest BCUT2D eigenvalue weighted by Crippen LogP contribution is 2.44. The smallest absolute Gasteiger partial charge is 0.383 e. The molecule has 3 aromatic rings. The van der Waals surface area contributed by atoms with Gasteiger partial charge in [0.1, 0.15) is 0 Å². The molecule has 0 bridgehead atoms. The van der Waals surface area contributed by atoms with E-state index in [4.69, 9.17) is 0 Å². The molecule has 39 heavy (non-hydrogen) atoms. The molecule has 206 valence electrons. The quantitative estimate of drug-likeness (QED) is 0.230. The number of alkyl halides is 6. The third-order valence-electron chi connectivity index (χ3n) is 5.80. The van der Waals surface area contributed by atoms with E-state index in [1.165, 1.54) is 6.07 Å². The fraction of sp³-hybridized carbons (Fsp3) is 0.300. The Morgan fingerprint density at radius 3 is 1.79 bits per heavy atom. The third-order valence-corrected chi connectivity index (χ3v) is 5.80. The summed E-state index contributed by atoms with van der Waals surface area (Å²) in [5, 5.41) is 5.24. The SMILES string of the molecule is CC#CC(C)Cc1ccc(C(=O)Nc2ccc(-c3ccc(NC(C)C)cc3C(F)(F)F)c(C(F)(F)F)c2)cc1. The molecule has 0 saturated carbocycles. The van der Waals surface area contributed by atoms with Gasteiger partial charge in [-0.15, -0.1) is 11.8 Å². The van der Waals surface area contributed by atoms with Crippen molar-refractivity contribution in [3.05, 3.63) is 82.9 Å². The van der Waals surface area contributed by atoms with Gasteiger partial charge in [0.25, 0.3) is 5.91 Å². The lowest BCUT2D eigenvalue weighted by Crippen LogP contribution is -2.15. The average Bonchev–Trinajstić information content (AvgIpc) is 2.83. The lowest BCUT2D eigenvalue weighted by atomic mass is 9.93. The molecule has 0 heterocycles. The van der Waals surface area contributed by atoms with Gasteiger partial charge in [-0.3, -0.25) is 4.79 Å². The van der Waals surface area contributed by atoms with Gasteiger partial charge in [-0.1, -0.05) is 31.2 Å². The highest BCUT2D eigenvalue weighted by molar-refractivity contribution is 6.04. The van der Waals surface area contributed by atoms with Crippen molar-refractivity contribution < 1.29 is 31.1 Å². The number of carbonyl (C=O) groups is 1. The molecule has 0 fully saturated rings. The minimum Gasteiger partial charge on any atom is -0.383 e. The van der Waals surface area contributed by atoms with Crippen molar-refractivity contribution in [1.29, 1.82) is 0 Å². The molecule has 0 aliphatic rings. The van der Waals surface area contributed by atoms with E-state index in [1.54, 1.807) is 45.0 Å². The lowest BCUT2D eigenvalue weighted by Gasteiger charge is -2.20. The number of anilines is 2. The normalized spacial score (nSPS) is 12.5. The first-order valence-electron chi connectivity index (χ1n) is 12.2. The van der Waals surface area contributed by atoms with Crippen molar-refractivity contribution in [1.82, 2.24) is 0 Å². The molecule has 3 aromatic carbocycles. The molecular formula is C30H28F6N2O. The van der Waals surface area contributed by atoms with E-state index < -0.39 is 40.5 Å². The van der Waals surface area contributed by atoms with Crippen LogP contribution in [0.3, 0.4) is 0 Å². The summed E-state index contributed by atoms with van der Waals surface area (Å²) in [5.41, 5.74) is -2.64.